The van der Waals surface area contributed by atoms with Gasteiger partial charge in [-0.2, -0.15) is 0 Å². The summed E-state index contributed by atoms with van der Waals surface area (Å²) in [7, 11) is -3.71. The molecule has 0 amide bonds. The molecule has 0 radical (unpaired) electrons. The van der Waals surface area contributed by atoms with Gasteiger partial charge in [-0.15, -0.1) is 0 Å². The Kier molecular flexibility index (Phi) is 4.72. The van der Waals surface area contributed by atoms with Gasteiger partial charge in [-0.25, -0.2) is 17.2 Å². The van der Waals surface area contributed by atoms with Crippen LogP contribution in [-0.2, 0) is 9.84 Å². The highest BCUT2D eigenvalue weighted by Gasteiger charge is 2.13. The highest BCUT2D eigenvalue weighted by atomic mass is 32.2. The van der Waals surface area contributed by atoms with E-state index in [-0.39, 0.29) is 10.5 Å². The Morgan fingerprint density at radius 1 is 0.960 bits per heavy atom. The van der Waals surface area contributed by atoms with Crippen molar-refractivity contribution in [2.75, 3.05) is 0 Å². The van der Waals surface area contributed by atoms with Crippen LogP contribution in [0.5, 0.6) is 0 Å². The molecule has 3 rings (SSSR count). The third-order valence-electron chi connectivity index (χ3n) is 3.53. The number of nitrogens with zero attached hydrogens (tertiary/aromatic N) is 1. The summed E-state index contributed by atoms with van der Waals surface area (Å²) in [6.45, 7) is 0. The van der Waals surface area contributed by atoms with Crippen molar-refractivity contribution in [1.29, 1.82) is 0 Å². The Morgan fingerprint density at radius 3 is 2.52 bits per heavy atom. The van der Waals surface area contributed by atoms with Crippen LogP contribution in [0.25, 0.3) is 17.2 Å². The zero-order valence-corrected chi connectivity index (χ0v) is 13.7. The molecule has 0 bridgehead atoms. The Hall–Kier alpha value is -2.86. The summed E-state index contributed by atoms with van der Waals surface area (Å²) in [4.78, 5) is 3.93. The highest BCUT2D eigenvalue weighted by molar-refractivity contribution is 7.94. The van der Waals surface area contributed by atoms with E-state index in [1.165, 1.54) is 36.5 Å². The van der Waals surface area contributed by atoms with Gasteiger partial charge in [-0.05, 0) is 47.5 Å². The molecule has 0 atom stereocenters. The van der Waals surface area contributed by atoms with Crippen LogP contribution in [0.3, 0.4) is 0 Å². The molecule has 126 valence electrons. The van der Waals surface area contributed by atoms with Crippen LogP contribution < -0.4 is 0 Å². The lowest BCUT2D eigenvalue weighted by atomic mass is 10.1. The van der Waals surface area contributed by atoms with E-state index in [4.69, 9.17) is 0 Å². The molecular formula is C19H13F2NO2S. The molecule has 1 heterocycles. The van der Waals surface area contributed by atoms with Crippen molar-refractivity contribution >= 4 is 15.9 Å². The van der Waals surface area contributed by atoms with Crippen molar-refractivity contribution in [3.05, 3.63) is 89.6 Å². The molecule has 0 aliphatic heterocycles. The smallest absolute Gasteiger partial charge is 0.199 e. The van der Waals surface area contributed by atoms with Crippen LogP contribution in [0, 0.1) is 11.6 Å². The van der Waals surface area contributed by atoms with Crippen LogP contribution in [0.2, 0.25) is 0 Å². The third-order valence-corrected chi connectivity index (χ3v) is 4.93. The average molecular weight is 357 g/mol. The molecule has 0 N–H and O–H groups in total. The zero-order valence-electron chi connectivity index (χ0n) is 12.9. The molecule has 0 spiro atoms. The second kappa shape index (κ2) is 6.94. The summed E-state index contributed by atoms with van der Waals surface area (Å²) in [5, 5.41) is 1.07. The van der Waals surface area contributed by atoms with Gasteiger partial charge < -0.3 is 0 Å². The van der Waals surface area contributed by atoms with Gasteiger partial charge in [0.25, 0.3) is 0 Å². The molecule has 0 unspecified atom stereocenters. The predicted molar refractivity (Wildman–Crippen MR) is 92.3 cm³/mol. The summed E-state index contributed by atoms with van der Waals surface area (Å²) in [5.41, 5.74) is 1.13. The lowest BCUT2D eigenvalue weighted by molar-refractivity contribution is 0.585. The number of pyridine rings is 1. The topological polar surface area (TPSA) is 47.0 Å². The maximum atomic E-state index is 13.9. The van der Waals surface area contributed by atoms with E-state index in [9.17, 15) is 17.2 Å². The number of aromatic nitrogens is 1. The Balaban J connectivity index is 1.96. The van der Waals surface area contributed by atoms with E-state index >= 15 is 0 Å². The first-order chi connectivity index (χ1) is 12.0. The van der Waals surface area contributed by atoms with E-state index in [0.29, 0.717) is 11.1 Å². The number of rotatable bonds is 4. The number of halogens is 2. The predicted octanol–water partition coefficient (Wildman–Crippen LogP) is 4.47. The standard InChI is InChI=1S/C19H13F2NO2S/c20-16-6-7-18(19(21)12-16)15-4-1-5-17(11-15)25(23,24)10-8-14-3-2-9-22-13-14/h1-13H/b10-8+. The maximum absolute atomic E-state index is 13.9. The Morgan fingerprint density at radius 2 is 1.80 bits per heavy atom. The lowest BCUT2D eigenvalue weighted by Gasteiger charge is -2.06. The van der Waals surface area contributed by atoms with Gasteiger partial charge in [0.2, 0.25) is 0 Å². The van der Waals surface area contributed by atoms with Gasteiger partial charge in [0.05, 0.1) is 4.90 Å². The van der Waals surface area contributed by atoms with Crippen molar-refractivity contribution in [2.45, 2.75) is 4.90 Å². The number of benzene rings is 2. The van der Waals surface area contributed by atoms with Gasteiger partial charge >= 0.3 is 0 Å². The molecule has 0 aliphatic carbocycles. The van der Waals surface area contributed by atoms with Gasteiger partial charge in [-0.1, -0.05) is 18.2 Å². The normalized spacial score (nSPS) is 11.8. The molecule has 25 heavy (non-hydrogen) atoms. The summed E-state index contributed by atoms with van der Waals surface area (Å²) in [6, 6.07) is 12.5. The molecule has 0 saturated heterocycles. The summed E-state index contributed by atoms with van der Waals surface area (Å²) >= 11 is 0. The first-order valence-electron chi connectivity index (χ1n) is 7.34. The molecular weight excluding hydrogens is 344 g/mol. The molecule has 0 aliphatic rings. The molecule has 3 aromatic rings. The molecule has 6 heteroatoms. The van der Waals surface area contributed by atoms with E-state index < -0.39 is 21.5 Å². The maximum Gasteiger partial charge on any atom is 0.199 e. The van der Waals surface area contributed by atoms with E-state index in [0.717, 1.165) is 17.5 Å². The van der Waals surface area contributed by atoms with Gasteiger partial charge in [-0.3, -0.25) is 4.98 Å². The molecule has 1 aromatic heterocycles. The monoisotopic (exact) mass is 357 g/mol. The minimum atomic E-state index is -3.71. The summed E-state index contributed by atoms with van der Waals surface area (Å²) in [5.74, 6) is -1.44. The van der Waals surface area contributed by atoms with Crippen LogP contribution >= 0.6 is 0 Å². The molecule has 2 aromatic carbocycles. The fourth-order valence-corrected chi connectivity index (χ4v) is 3.34. The van der Waals surface area contributed by atoms with Crippen molar-refractivity contribution < 1.29 is 17.2 Å². The summed E-state index contributed by atoms with van der Waals surface area (Å²) in [6.07, 6.45) is 4.57. The van der Waals surface area contributed by atoms with Crippen molar-refractivity contribution in [2.24, 2.45) is 0 Å². The molecule has 3 nitrogen and oxygen atoms in total. The van der Waals surface area contributed by atoms with Crippen molar-refractivity contribution in [3.8, 4) is 11.1 Å². The Labute approximate surface area is 144 Å². The van der Waals surface area contributed by atoms with Crippen LogP contribution in [0.4, 0.5) is 8.78 Å². The van der Waals surface area contributed by atoms with Gasteiger partial charge in [0.1, 0.15) is 11.6 Å². The molecule has 0 saturated carbocycles. The minimum absolute atomic E-state index is 0.0221. The van der Waals surface area contributed by atoms with E-state index in [1.54, 1.807) is 24.4 Å². The first kappa shape index (κ1) is 17.0. The third kappa shape index (κ3) is 3.97. The number of hydrogen-bond donors (Lipinski definition) is 0. The lowest BCUT2D eigenvalue weighted by Crippen LogP contribution is -1.97. The van der Waals surface area contributed by atoms with Crippen molar-refractivity contribution in [1.82, 2.24) is 4.98 Å². The fraction of sp³-hybridized carbons (Fsp3) is 0. The van der Waals surface area contributed by atoms with E-state index in [1.807, 2.05) is 0 Å². The van der Waals surface area contributed by atoms with Gasteiger partial charge in [0, 0.05) is 29.4 Å². The second-order valence-electron chi connectivity index (χ2n) is 5.29. The molecule has 0 fully saturated rings. The minimum Gasteiger partial charge on any atom is -0.264 e. The summed E-state index contributed by atoms with van der Waals surface area (Å²) < 4.78 is 51.9. The van der Waals surface area contributed by atoms with Gasteiger partial charge in [0.15, 0.2) is 9.84 Å². The Bertz CT molecular complexity index is 1030. The fourth-order valence-electron chi connectivity index (χ4n) is 2.29. The van der Waals surface area contributed by atoms with E-state index in [2.05, 4.69) is 4.98 Å². The van der Waals surface area contributed by atoms with Crippen molar-refractivity contribution in [3.63, 3.8) is 0 Å². The van der Waals surface area contributed by atoms with Crippen LogP contribution in [0.1, 0.15) is 5.56 Å². The highest BCUT2D eigenvalue weighted by Crippen LogP contribution is 2.26. The quantitative estimate of drug-likeness (QED) is 0.692. The van der Waals surface area contributed by atoms with Crippen LogP contribution in [0.15, 0.2) is 77.3 Å². The SMILES string of the molecule is O=S(=O)(/C=C/c1cccnc1)c1cccc(-c2ccc(F)cc2F)c1. The average Bonchev–Trinajstić information content (AvgIpc) is 2.61. The van der Waals surface area contributed by atoms with Crippen LogP contribution in [-0.4, -0.2) is 13.4 Å². The first-order valence-corrected chi connectivity index (χ1v) is 8.89. The number of hydrogen-bond acceptors (Lipinski definition) is 3. The number of sulfone groups is 1. The zero-order chi connectivity index (χ0) is 17.9. The second-order valence-corrected chi connectivity index (χ2v) is 7.12. The largest absolute Gasteiger partial charge is 0.264 e.